The third-order valence-electron chi connectivity index (χ3n) is 6.45. The summed E-state index contributed by atoms with van der Waals surface area (Å²) < 4.78 is 104. The number of halogens is 6. The highest BCUT2D eigenvalue weighted by atomic mass is 32.2. The lowest BCUT2D eigenvalue weighted by atomic mass is 9.92. The van der Waals surface area contributed by atoms with Gasteiger partial charge in [0.15, 0.2) is 9.84 Å². The second-order valence-electron chi connectivity index (χ2n) is 8.96. The summed E-state index contributed by atoms with van der Waals surface area (Å²) in [5.74, 6) is -1.79. The van der Waals surface area contributed by atoms with Crippen LogP contribution in [0.2, 0.25) is 0 Å². The number of nitrogens with zero attached hydrogens (tertiary/aromatic N) is 1. The number of aliphatic hydroxyl groups is 2. The minimum Gasteiger partial charge on any atom is -0.387 e. The summed E-state index contributed by atoms with van der Waals surface area (Å²) in [5, 5.41) is 20.6. The molecule has 2 amide bonds. The molecular weight excluding hydrogens is 546 g/mol. The number of nitrogens with one attached hydrogen (secondary N) is 1. The molecule has 3 N–H and O–H groups in total. The molecule has 1 saturated carbocycles. The lowest BCUT2D eigenvalue weighted by Gasteiger charge is -2.32. The van der Waals surface area contributed by atoms with Crippen LogP contribution in [0.3, 0.4) is 0 Å². The number of alkyl halides is 6. The fourth-order valence-corrected chi connectivity index (χ4v) is 5.98. The van der Waals surface area contributed by atoms with Crippen molar-refractivity contribution in [3.8, 4) is 0 Å². The van der Waals surface area contributed by atoms with E-state index in [1.807, 2.05) is 0 Å². The number of anilines is 1. The molecule has 2 aliphatic rings. The van der Waals surface area contributed by atoms with Crippen molar-refractivity contribution in [3.05, 3.63) is 59.2 Å². The maximum Gasteiger partial charge on any atom is 0.430 e. The smallest absolute Gasteiger partial charge is 0.387 e. The highest BCUT2D eigenvalue weighted by Crippen LogP contribution is 2.50. The van der Waals surface area contributed by atoms with Crippen LogP contribution >= 0.6 is 0 Å². The summed E-state index contributed by atoms with van der Waals surface area (Å²) in [4.78, 5) is 26.4. The van der Waals surface area contributed by atoms with Crippen molar-refractivity contribution >= 4 is 27.3 Å². The molecule has 0 spiro atoms. The molecule has 1 fully saturated rings. The van der Waals surface area contributed by atoms with Crippen molar-refractivity contribution in [2.24, 2.45) is 0 Å². The number of benzene rings is 2. The Morgan fingerprint density at radius 1 is 0.974 bits per heavy atom. The fourth-order valence-electron chi connectivity index (χ4n) is 4.28. The molecule has 8 nitrogen and oxygen atoms in total. The van der Waals surface area contributed by atoms with Crippen LogP contribution in [0.4, 0.5) is 32.0 Å². The average molecular weight is 566 g/mol. The van der Waals surface area contributed by atoms with Crippen molar-refractivity contribution in [1.29, 1.82) is 0 Å². The van der Waals surface area contributed by atoms with Gasteiger partial charge in [0.1, 0.15) is 12.6 Å². The molecule has 0 radical (unpaired) electrons. The van der Waals surface area contributed by atoms with Crippen LogP contribution in [-0.2, 0) is 31.6 Å². The zero-order valence-electron chi connectivity index (χ0n) is 19.2. The Balaban J connectivity index is 1.62. The first-order valence-electron chi connectivity index (χ1n) is 11.1. The first-order chi connectivity index (χ1) is 17.5. The number of fused-ring (bicyclic) bond motifs is 1. The summed E-state index contributed by atoms with van der Waals surface area (Å²) in [6.07, 6.45) is -11.1. The molecule has 2 aromatic rings. The summed E-state index contributed by atoms with van der Waals surface area (Å²) in [6, 6.07) is 4.72. The molecule has 1 heterocycles. The molecule has 4 rings (SSSR count). The molecule has 1 aliphatic heterocycles. The maximum atomic E-state index is 13.1. The molecule has 0 bridgehead atoms. The van der Waals surface area contributed by atoms with Gasteiger partial charge in [-0.1, -0.05) is 18.2 Å². The summed E-state index contributed by atoms with van der Waals surface area (Å²) >= 11 is 0. The van der Waals surface area contributed by atoms with Crippen LogP contribution in [0.15, 0.2) is 47.4 Å². The van der Waals surface area contributed by atoms with Crippen molar-refractivity contribution < 1.29 is 54.6 Å². The van der Waals surface area contributed by atoms with Gasteiger partial charge in [-0.25, -0.2) is 8.42 Å². The Morgan fingerprint density at radius 2 is 1.55 bits per heavy atom. The first kappa shape index (κ1) is 27.9. The molecule has 0 aromatic heterocycles. The van der Waals surface area contributed by atoms with E-state index >= 15 is 0 Å². The van der Waals surface area contributed by atoms with Crippen LogP contribution in [0.5, 0.6) is 0 Å². The predicted octanol–water partition coefficient (Wildman–Crippen LogP) is 2.95. The normalized spacial score (nSPS) is 18.3. The molecule has 0 saturated heterocycles. The summed E-state index contributed by atoms with van der Waals surface area (Å²) in [7, 11) is -3.59. The number of carbonyl (C=O) groups excluding carboxylic acids is 2. The van der Waals surface area contributed by atoms with Gasteiger partial charge in [0.2, 0.25) is 5.91 Å². The van der Waals surface area contributed by atoms with Crippen molar-refractivity contribution in [1.82, 2.24) is 4.90 Å². The molecule has 2 aromatic carbocycles. The van der Waals surface area contributed by atoms with Gasteiger partial charge >= 0.3 is 12.4 Å². The topological polar surface area (TPSA) is 124 Å². The lowest BCUT2D eigenvalue weighted by molar-refractivity contribution is -0.376. The number of hydrogen-bond acceptors (Lipinski definition) is 6. The van der Waals surface area contributed by atoms with Gasteiger partial charge in [-0.2, -0.15) is 26.3 Å². The van der Waals surface area contributed by atoms with Gasteiger partial charge in [-0.15, -0.1) is 0 Å². The minimum atomic E-state index is -6.08. The Bertz CT molecular complexity index is 1360. The van der Waals surface area contributed by atoms with Crippen molar-refractivity contribution in [2.45, 2.75) is 53.5 Å². The van der Waals surface area contributed by atoms with Crippen LogP contribution in [0, 0.1) is 0 Å². The van der Waals surface area contributed by atoms with E-state index in [1.165, 1.54) is 18.2 Å². The highest BCUT2D eigenvalue weighted by molar-refractivity contribution is 7.92. The molecule has 15 heteroatoms. The van der Waals surface area contributed by atoms with E-state index in [9.17, 15) is 54.6 Å². The average Bonchev–Trinajstić information content (AvgIpc) is 3.62. The lowest BCUT2D eigenvalue weighted by Crippen LogP contribution is -2.53. The third-order valence-corrected chi connectivity index (χ3v) is 8.71. The minimum absolute atomic E-state index is 0.00797. The number of aliphatic hydroxyl groups excluding tert-OH is 1. The predicted molar refractivity (Wildman–Crippen MR) is 118 cm³/mol. The Kier molecular flexibility index (Phi) is 6.77. The Morgan fingerprint density at radius 3 is 2.05 bits per heavy atom. The highest BCUT2D eigenvalue weighted by Gasteiger charge is 2.71. The van der Waals surface area contributed by atoms with Crippen molar-refractivity contribution in [3.63, 3.8) is 0 Å². The quantitative estimate of drug-likeness (QED) is 0.462. The molecule has 1 unspecified atom stereocenters. The number of rotatable bonds is 6. The van der Waals surface area contributed by atoms with Crippen LogP contribution in [-0.4, -0.2) is 59.6 Å². The van der Waals surface area contributed by atoms with Gasteiger partial charge in [-0.3, -0.25) is 9.59 Å². The van der Waals surface area contributed by atoms with E-state index in [2.05, 4.69) is 5.32 Å². The van der Waals surface area contributed by atoms with Crippen molar-refractivity contribution in [2.75, 3.05) is 11.9 Å². The molecule has 206 valence electrons. The zero-order chi connectivity index (χ0) is 28.3. The van der Waals surface area contributed by atoms with E-state index < -0.39 is 63.1 Å². The summed E-state index contributed by atoms with van der Waals surface area (Å²) in [6.45, 7) is -1.20. The Hall–Kier alpha value is -3.17. The number of hydrogen-bond donors (Lipinski definition) is 3. The number of amides is 2. The first-order valence-corrected chi connectivity index (χ1v) is 12.6. The monoisotopic (exact) mass is 566 g/mol. The van der Waals surface area contributed by atoms with Crippen LogP contribution in [0.25, 0.3) is 0 Å². The molecule has 38 heavy (non-hydrogen) atoms. The van der Waals surface area contributed by atoms with E-state index in [0.717, 1.165) is 17.0 Å². The van der Waals surface area contributed by atoms with Gasteiger partial charge in [0.05, 0.1) is 10.1 Å². The van der Waals surface area contributed by atoms with E-state index in [1.54, 1.807) is 0 Å². The van der Waals surface area contributed by atoms with E-state index in [0.29, 0.717) is 30.5 Å². The SMILES string of the molecule is O=C(Nc1ccc(C(O)(C(F)(F)F)C(F)(F)F)cc1)C1c2ccc(S(=O)(=O)C3CC3)cc2CN1C(=O)CO. The van der Waals surface area contributed by atoms with Gasteiger partial charge < -0.3 is 20.4 Å². The van der Waals surface area contributed by atoms with Crippen LogP contribution in [0.1, 0.15) is 35.6 Å². The zero-order valence-corrected chi connectivity index (χ0v) is 20.0. The fraction of sp³-hybridized carbons (Fsp3) is 0.391. The van der Waals surface area contributed by atoms with Gasteiger partial charge in [-0.05, 0) is 48.2 Å². The van der Waals surface area contributed by atoms with Gasteiger partial charge in [0.25, 0.3) is 11.5 Å². The second kappa shape index (κ2) is 9.24. The number of carbonyl (C=O) groups is 2. The van der Waals surface area contributed by atoms with Crippen LogP contribution < -0.4 is 5.32 Å². The molecular formula is C23H20F6N2O6S. The Labute approximate surface area is 211 Å². The van der Waals surface area contributed by atoms with E-state index in [-0.39, 0.29) is 22.7 Å². The largest absolute Gasteiger partial charge is 0.430 e. The third kappa shape index (κ3) is 4.62. The maximum absolute atomic E-state index is 13.1. The second-order valence-corrected chi connectivity index (χ2v) is 11.2. The van der Waals surface area contributed by atoms with Gasteiger partial charge in [0, 0.05) is 17.8 Å². The number of sulfone groups is 1. The standard InChI is InChI=1S/C23H20F6N2O6S/c24-22(25,26)21(35,23(27,28)29)13-1-3-14(4-2-13)30-20(34)19-17-8-7-16(38(36,37)15-5-6-15)9-12(17)10-31(19)18(33)11-32/h1-4,7-9,15,19,32,35H,5-6,10-11H2,(H,30,34). The molecule has 1 aliphatic carbocycles. The van der Waals surface area contributed by atoms with E-state index in [4.69, 9.17) is 0 Å². The molecule has 1 atom stereocenters. The summed E-state index contributed by atoms with van der Waals surface area (Å²) in [5.41, 5.74) is -6.36.